The van der Waals surface area contributed by atoms with Crippen LogP contribution in [0, 0.1) is 12.3 Å². The fourth-order valence-electron chi connectivity index (χ4n) is 2.38. The first-order valence-electron chi connectivity index (χ1n) is 8.19. The zero-order valence-corrected chi connectivity index (χ0v) is 15.5. The molecule has 1 saturated heterocycles. The number of imide groups is 1. The highest BCUT2D eigenvalue weighted by Crippen LogP contribution is 2.32. The molecule has 26 heavy (non-hydrogen) atoms. The van der Waals surface area contributed by atoms with E-state index in [1.165, 1.54) is 0 Å². The molecular weight excluding hydrogens is 352 g/mol. The van der Waals surface area contributed by atoms with Crippen LogP contribution in [0.15, 0.2) is 29.2 Å². The number of terminal acetylenes is 1. The number of ether oxygens (including phenoxy) is 1. The summed E-state index contributed by atoms with van der Waals surface area (Å²) in [5, 5.41) is -0.435. The van der Waals surface area contributed by atoms with Gasteiger partial charge in [0.05, 0.1) is 4.91 Å². The van der Waals surface area contributed by atoms with E-state index in [4.69, 9.17) is 11.2 Å². The van der Waals surface area contributed by atoms with Crippen LogP contribution >= 0.6 is 11.8 Å². The molecule has 1 aromatic carbocycles. The number of hydrogen-bond donors (Lipinski definition) is 0. The first-order valence-corrected chi connectivity index (χ1v) is 9.01. The van der Waals surface area contributed by atoms with Crippen molar-refractivity contribution in [3.05, 3.63) is 34.7 Å². The Labute approximate surface area is 157 Å². The highest BCUT2D eigenvalue weighted by Gasteiger charge is 2.36. The normalized spacial score (nSPS) is 15.3. The van der Waals surface area contributed by atoms with Crippen LogP contribution < -0.4 is 4.74 Å². The average molecular weight is 372 g/mol. The van der Waals surface area contributed by atoms with E-state index in [0.29, 0.717) is 23.7 Å². The molecule has 2 rings (SSSR count). The summed E-state index contributed by atoms with van der Waals surface area (Å²) >= 11 is 0.834. The summed E-state index contributed by atoms with van der Waals surface area (Å²) < 4.78 is 5.29. The molecule has 6 nitrogen and oxygen atoms in total. The van der Waals surface area contributed by atoms with Crippen LogP contribution in [0.2, 0.25) is 0 Å². The second-order valence-corrected chi connectivity index (χ2v) is 6.39. The van der Waals surface area contributed by atoms with Gasteiger partial charge in [0.15, 0.2) is 0 Å². The van der Waals surface area contributed by atoms with Crippen molar-refractivity contribution in [2.24, 2.45) is 0 Å². The Morgan fingerprint density at radius 1 is 1.27 bits per heavy atom. The van der Waals surface area contributed by atoms with Crippen molar-refractivity contribution in [3.8, 4) is 18.1 Å². The number of nitrogens with zero attached hydrogens (tertiary/aromatic N) is 2. The highest BCUT2D eigenvalue weighted by molar-refractivity contribution is 8.18. The number of carbonyl (C=O) groups is 3. The van der Waals surface area contributed by atoms with Crippen molar-refractivity contribution in [1.82, 2.24) is 9.80 Å². The summed E-state index contributed by atoms with van der Waals surface area (Å²) in [5.74, 6) is 2.31. The molecule has 1 heterocycles. The van der Waals surface area contributed by atoms with Gasteiger partial charge in [-0.05, 0) is 49.4 Å². The van der Waals surface area contributed by atoms with Crippen molar-refractivity contribution in [3.63, 3.8) is 0 Å². The lowest BCUT2D eigenvalue weighted by Crippen LogP contribution is -2.41. The first kappa shape index (κ1) is 19.6. The van der Waals surface area contributed by atoms with E-state index < -0.39 is 11.1 Å². The maximum Gasteiger partial charge on any atom is 0.294 e. The van der Waals surface area contributed by atoms with E-state index in [1.54, 1.807) is 35.2 Å². The van der Waals surface area contributed by atoms with Crippen LogP contribution in [0.4, 0.5) is 4.79 Å². The molecule has 1 aliphatic heterocycles. The smallest absolute Gasteiger partial charge is 0.294 e. The minimum absolute atomic E-state index is 0.179. The lowest BCUT2D eigenvalue weighted by atomic mass is 10.2. The van der Waals surface area contributed by atoms with Gasteiger partial charge in [0.2, 0.25) is 5.91 Å². The van der Waals surface area contributed by atoms with E-state index in [1.807, 2.05) is 13.8 Å². The van der Waals surface area contributed by atoms with Crippen LogP contribution in [0.1, 0.15) is 19.4 Å². The Hall–Kier alpha value is -2.72. The van der Waals surface area contributed by atoms with E-state index in [-0.39, 0.29) is 19.1 Å². The van der Waals surface area contributed by atoms with Crippen LogP contribution in [-0.2, 0) is 9.59 Å². The quantitative estimate of drug-likeness (QED) is 0.544. The summed E-state index contributed by atoms with van der Waals surface area (Å²) in [4.78, 5) is 39.6. The third-order valence-electron chi connectivity index (χ3n) is 3.78. The SMILES string of the molecule is C#CCOc1ccc(/C=C2\SC(=O)N(CC(=O)N(CC)CC)C2=O)cc1. The lowest BCUT2D eigenvalue weighted by molar-refractivity contribution is -0.135. The molecule has 0 atom stereocenters. The number of thioether (sulfide) groups is 1. The molecule has 0 saturated carbocycles. The van der Waals surface area contributed by atoms with Crippen LogP contribution in [0.3, 0.4) is 0 Å². The third-order valence-corrected chi connectivity index (χ3v) is 4.69. The lowest BCUT2D eigenvalue weighted by Gasteiger charge is -2.21. The van der Waals surface area contributed by atoms with Gasteiger partial charge < -0.3 is 9.64 Å². The van der Waals surface area contributed by atoms with Gasteiger partial charge in [-0.3, -0.25) is 19.3 Å². The Morgan fingerprint density at radius 3 is 2.50 bits per heavy atom. The Bertz CT molecular complexity index is 761. The van der Waals surface area contributed by atoms with Gasteiger partial charge in [-0.1, -0.05) is 18.1 Å². The second-order valence-electron chi connectivity index (χ2n) is 5.40. The van der Waals surface area contributed by atoms with E-state index >= 15 is 0 Å². The van der Waals surface area contributed by atoms with E-state index in [0.717, 1.165) is 22.2 Å². The zero-order chi connectivity index (χ0) is 19.1. The Balaban J connectivity index is 2.09. The summed E-state index contributed by atoms with van der Waals surface area (Å²) in [6.45, 7) is 4.73. The maximum absolute atomic E-state index is 12.5. The first-order chi connectivity index (χ1) is 12.5. The molecular formula is C19H20N2O4S. The molecule has 0 radical (unpaired) electrons. The standard InChI is InChI=1S/C19H20N2O4S/c1-4-11-25-15-9-7-14(8-10-15)12-16-18(23)21(19(24)26-16)13-17(22)20(5-2)6-3/h1,7-10,12H,5-6,11,13H2,2-3H3/b16-12-. The number of amides is 3. The molecule has 0 aromatic heterocycles. The largest absolute Gasteiger partial charge is 0.481 e. The van der Waals surface area contributed by atoms with Gasteiger partial charge in [-0.2, -0.15) is 0 Å². The van der Waals surface area contributed by atoms with Gasteiger partial charge in [0.25, 0.3) is 11.1 Å². The van der Waals surface area contributed by atoms with Crippen LogP contribution in [0.5, 0.6) is 5.75 Å². The number of hydrogen-bond acceptors (Lipinski definition) is 5. The van der Waals surface area contributed by atoms with Crippen LogP contribution in [0.25, 0.3) is 6.08 Å². The molecule has 1 aliphatic rings. The van der Waals surface area contributed by atoms with E-state index in [2.05, 4.69) is 5.92 Å². The second kappa shape index (κ2) is 9.11. The van der Waals surface area contributed by atoms with Crippen molar-refractivity contribution >= 4 is 34.9 Å². The van der Waals surface area contributed by atoms with Gasteiger partial charge in [0, 0.05) is 13.1 Å². The Kier molecular flexibility index (Phi) is 6.87. The average Bonchev–Trinajstić information content (AvgIpc) is 2.89. The minimum atomic E-state index is -0.451. The molecule has 0 bridgehead atoms. The molecule has 0 aliphatic carbocycles. The minimum Gasteiger partial charge on any atom is -0.481 e. The summed E-state index contributed by atoms with van der Waals surface area (Å²) in [6, 6.07) is 7.00. The van der Waals surface area contributed by atoms with Gasteiger partial charge in [-0.25, -0.2) is 0 Å². The highest BCUT2D eigenvalue weighted by atomic mass is 32.2. The number of likely N-dealkylation sites (N-methyl/N-ethyl adjacent to an activating group) is 1. The zero-order valence-electron chi connectivity index (χ0n) is 14.7. The van der Waals surface area contributed by atoms with Gasteiger partial charge in [0.1, 0.15) is 18.9 Å². The van der Waals surface area contributed by atoms with Gasteiger partial charge >= 0.3 is 0 Å². The van der Waals surface area contributed by atoms with Crippen molar-refractivity contribution in [1.29, 1.82) is 0 Å². The molecule has 0 N–H and O–H groups in total. The summed E-state index contributed by atoms with van der Waals surface area (Å²) in [5.41, 5.74) is 0.749. The number of rotatable bonds is 7. The number of benzene rings is 1. The predicted molar refractivity (Wildman–Crippen MR) is 101 cm³/mol. The molecule has 7 heteroatoms. The van der Waals surface area contributed by atoms with Crippen LogP contribution in [-0.4, -0.2) is 53.1 Å². The summed E-state index contributed by atoms with van der Waals surface area (Å²) in [6.07, 6.45) is 6.76. The Morgan fingerprint density at radius 2 is 1.92 bits per heavy atom. The molecule has 0 spiro atoms. The van der Waals surface area contributed by atoms with Crippen molar-refractivity contribution in [2.75, 3.05) is 26.2 Å². The third kappa shape index (κ3) is 4.67. The molecule has 3 amide bonds. The summed E-state index contributed by atoms with van der Waals surface area (Å²) in [7, 11) is 0. The van der Waals surface area contributed by atoms with Crippen molar-refractivity contribution < 1.29 is 19.1 Å². The molecule has 1 aromatic rings. The van der Waals surface area contributed by atoms with Crippen molar-refractivity contribution in [2.45, 2.75) is 13.8 Å². The topological polar surface area (TPSA) is 66.9 Å². The predicted octanol–water partition coefficient (Wildman–Crippen LogP) is 2.60. The molecule has 1 fully saturated rings. The number of carbonyl (C=O) groups excluding carboxylic acids is 3. The molecule has 136 valence electrons. The fraction of sp³-hybridized carbons (Fsp3) is 0.316. The van der Waals surface area contributed by atoms with E-state index in [9.17, 15) is 14.4 Å². The monoisotopic (exact) mass is 372 g/mol. The maximum atomic E-state index is 12.5. The molecule has 0 unspecified atom stereocenters. The van der Waals surface area contributed by atoms with Gasteiger partial charge in [-0.15, -0.1) is 6.42 Å². The fourth-order valence-corrected chi connectivity index (χ4v) is 3.22.